The highest BCUT2D eigenvalue weighted by atomic mass is 16.5. The average molecular weight is 363 g/mol. The predicted molar refractivity (Wildman–Crippen MR) is 101 cm³/mol. The molecule has 4 rings (SSSR count). The van der Waals surface area contributed by atoms with Crippen LogP contribution in [0, 0.1) is 22.7 Å². The first-order valence-corrected chi connectivity index (χ1v) is 10.2. The van der Waals surface area contributed by atoms with Crippen LogP contribution in [0.3, 0.4) is 0 Å². The molecule has 0 unspecified atom stereocenters. The normalized spacial score (nSPS) is 48.8. The van der Waals surface area contributed by atoms with Gasteiger partial charge in [0.1, 0.15) is 11.7 Å². The minimum absolute atomic E-state index is 0.168. The molecule has 26 heavy (non-hydrogen) atoms. The Bertz CT molecular complexity index is 640. The minimum Gasteiger partial charge on any atom is -0.393 e. The number of fused-ring (bicyclic) bond motifs is 5. The molecule has 0 aliphatic heterocycles. The maximum atomic E-state index is 11.4. The van der Waals surface area contributed by atoms with Gasteiger partial charge in [-0.05, 0) is 62.2 Å². The molecular weight excluding hydrogens is 328 g/mol. The van der Waals surface area contributed by atoms with E-state index in [0.29, 0.717) is 18.3 Å². The quantitative estimate of drug-likeness (QED) is 0.675. The van der Waals surface area contributed by atoms with Crippen LogP contribution < -0.4 is 0 Å². The van der Waals surface area contributed by atoms with Gasteiger partial charge in [-0.15, -0.1) is 0 Å². The van der Waals surface area contributed by atoms with Gasteiger partial charge in [0.15, 0.2) is 0 Å². The van der Waals surface area contributed by atoms with Crippen molar-refractivity contribution in [2.45, 2.75) is 76.6 Å². The summed E-state index contributed by atoms with van der Waals surface area (Å²) in [4.78, 5) is 0. The molecule has 0 amide bonds. The molecule has 146 valence electrons. The van der Waals surface area contributed by atoms with Gasteiger partial charge < -0.3 is 20.1 Å². The van der Waals surface area contributed by atoms with Crippen LogP contribution >= 0.6 is 0 Å². The summed E-state index contributed by atoms with van der Waals surface area (Å²) in [6, 6.07) is 0. The lowest BCUT2D eigenvalue weighted by atomic mass is 9.48. The Morgan fingerprint density at radius 2 is 2.00 bits per heavy atom. The van der Waals surface area contributed by atoms with E-state index in [-0.39, 0.29) is 23.5 Å². The smallest absolute Gasteiger partial charge is 0.107 e. The van der Waals surface area contributed by atoms with E-state index in [1.54, 1.807) is 7.11 Å². The summed E-state index contributed by atoms with van der Waals surface area (Å²) in [5.41, 5.74) is 1.48. The van der Waals surface area contributed by atoms with Crippen molar-refractivity contribution in [3.63, 3.8) is 0 Å². The van der Waals surface area contributed by atoms with Crippen molar-refractivity contribution in [3.8, 4) is 0 Å². The standard InChI is InChI=1S/C22H34O4/c1-20-9-6-15(23)12-14(20)4-5-16-17(20)7-10-21(2)18(16)8-11-22(21,25)19(24)13-26-3/h4,8,15-17,19,23-25H,5-7,9-13H2,1-3H3/t15-,16+,17-,19+,20-,21-,22+/m0/s1. The predicted octanol–water partition coefficient (Wildman–Crippen LogP) is 2.97. The molecule has 0 radical (unpaired) electrons. The van der Waals surface area contributed by atoms with Crippen LogP contribution in [-0.4, -0.2) is 46.8 Å². The molecule has 0 aromatic carbocycles. The van der Waals surface area contributed by atoms with E-state index in [1.165, 1.54) is 11.1 Å². The Morgan fingerprint density at radius 1 is 1.23 bits per heavy atom. The molecule has 0 saturated heterocycles. The van der Waals surface area contributed by atoms with Crippen LogP contribution in [0.5, 0.6) is 0 Å². The van der Waals surface area contributed by atoms with Crippen molar-refractivity contribution in [2.75, 3.05) is 13.7 Å². The number of methoxy groups -OCH3 is 1. The number of allylic oxidation sites excluding steroid dienone is 1. The zero-order chi connectivity index (χ0) is 18.7. The number of hydrogen-bond donors (Lipinski definition) is 3. The zero-order valence-electron chi connectivity index (χ0n) is 16.4. The van der Waals surface area contributed by atoms with E-state index in [1.807, 2.05) is 0 Å². The van der Waals surface area contributed by atoms with Gasteiger partial charge in [-0.25, -0.2) is 0 Å². The molecule has 0 heterocycles. The first-order chi connectivity index (χ1) is 12.3. The summed E-state index contributed by atoms with van der Waals surface area (Å²) in [6.07, 6.45) is 9.82. The van der Waals surface area contributed by atoms with Crippen molar-refractivity contribution in [1.82, 2.24) is 0 Å². The molecule has 0 spiro atoms. The van der Waals surface area contributed by atoms with E-state index in [2.05, 4.69) is 26.0 Å². The summed E-state index contributed by atoms with van der Waals surface area (Å²) in [5.74, 6) is 1.03. The summed E-state index contributed by atoms with van der Waals surface area (Å²) in [7, 11) is 1.57. The van der Waals surface area contributed by atoms with E-state index in [0.717, 1.165) is 38.5 Å². The number of aliphatic hydroxyl groups is 3. The maximum absolute atomic E-state index is 11.4. The van der Waals surface area contributed by atoms with Crippen molar-refractivity contribution in [3.05, 3.63) is 23.3 Å². The number of aliphatic hydroxyl groups excluding tert-OH is 2. The molecular formula is C22H34O4. The van der Waals surface area contributed by atoms with Gasteiger partial charge in [0.25, 0.3) is 0 Å². The third-order valence-electron chi connectivity index (χ3n) is 8.56. The van der Waals surface area contributed by atoms with Crippen LogP contribution in [-0.2, 0) is 4.74 Å². The molecule has 0 bridgehead atoms. The highest BCUT2D eigenvalue weighted by molar-refractivity contribution is 5.38. The molecule has 3 N–H and O–H groups in total. The summed E-state index contributed by atoms with van der Waals surface area (Å²) < 4.78 is 5.14. The van der Waals surface area contributed by atoms with Gasteiger partial charge in [0.2, 0.25) is 0 Å². The first-order valence-electron chi connectivity index (χ1n) is 10.2. The first kappa shape index (κ1) is 18.7. The van der Waals surface area contributed by atoms with E-state index in [4.69, 9.17) is 4.74 Å². The third-order valence-corrected chi connectivity index (χ3v) is 8.56. The van der Waals surface area contributed by atoms with E-state index >= 15 is 0 Å². The van der Waals surface area contributed by atoms with Gasteiger partial charge in [0.05, 0.1) is 12.7 Å². The minimum atomic E-state index is -1.13. The van der Waals surface area contributed by atoms with Crippen molar-refractivity contribution in [1.29, 1.82) is 0 Å². The average Bonchev–Trinajstić information content (AvgIpc) is 2.88. The molecule has 4 aliphatic rings. The Morgan fingerprint density at radius 3 is 2.73 bits per heavy atom. The number of ether oxygens (including phenoxy) is 1. The fourth-order valence-corrected chi connectivity index (χ4v) is 6.83. The summed E-state index contributed by atoms with van der Waals surface area (Å²) in [5, 5.41) is 32.2. The largest absolute Gasteiger partial charge is 0.393 e. The number of hydrogen-bond acceptors (Lipinski definition) is 4. The van der Waals surface area contributed by atoms with Gasteiger partial charge in [0, 0.05) is 12.5 Å². The Kier molecular flexibility index (Phi) is 4.43. The Balaban J connectivity index is 1.66. The van der Waals surface area contributed by atoms with Crippen molar-refractivity contribution >= 4 is 0 Å². The topological polar surface area (TPSA) is 69.9 Å². The summed E-state index contributed by atoms with van der Waals surface area (Å²) in [6.45, 7) is 4.71. The van der Waals surface area contributed by atoms with E-state index in [9.17, 15) is 15.3 Å². The zero-order valence-corrected chi connectivity index (χ0v) is 16.4. The monoisotopic (exact) mass is 362 g/mol. The van der Waals surface area contributed by atoms with Gasteiger partial charge in [-0.1, -0.05) is 37.1 Å². The molecule has 4 aliphatic carbocycles. The second-order valence-electron chi connectivity index (χ2n) is 9.62. The van der Waals surface area contributed by atoms with Gasteiger partial charge in [-0.3, -0.25) is 0 Å². The lowest BCUT2D eigenvalue weighted by Crippen LogP contribution is -2.58. The lowest BCUT2D eigenvalue weighted by molar-refractivity contribution is -0.160. The van der Waals surface area contributed by atoms with Crippen molar-refractivity contribution in [2.24, 2.45) is 22.7 Å². The van der Waals surface area contributed by atoms with Crippen LogP contribution in [0.1, 0.15) is 58.8 Å². The van der Waals surface area contributed by atoms with Gasteiger partial charge in [-0.2, -0.15) is 0 Å². The van der Waals surface area contributed by atoms with Crippen molar-refractivity contribution < 1.29 is 20.1 Å². The van der Waals surface area contributed by atoms with Crippen LogP contribution in [0.2, 0.25) is 0 Å². The third kappa shape index (κ3) is 2.35. The SMILES string of the molecule is COC[C@@H](O)[C@]1(O)CC=C2[C@@H]3CC=C4C[C@@H](O)CC[C@]4(C)[C@H]3CC[C@@]21C. The van der Waals surface area contributed by atoms with Crippen LogP contribution in [0.4, 0.5) is 0 Å². The number of rotatable bonds is 3. The second-order valence-corrected chi connectivity index (χ2v) is 9.62. The van der Waals surface area contributed by atoms with Gasteiger partial charge >= 0.3 is 0 Å². The fraction of sp³-hybridized carbons (Fsp3) is 0.818. The molecule has 4 heteroatoms. The lowest BCUT2D eigenvalue weighted by Gasteiger charge is -2.58. The Hall–Kier alpha value is -0.680. The summed E-state index contributed by atoms with van der Waals surface area (Å²) >= 11 is 0. The second kappa shape index (κ2) is 6.16. The van der Waals surface area contributed by atoms with Crippen LogP contribution in [0.25, 0.3) is 0 Å². The molecule has 2 saturated carbocycles. The van der Waals surface area contributed by atoms with Crippen LogP contribution in [0.15, 0.2) is 23.3 Å². The molecule has 2 fully saturated rings. The molecule has 4 nitrogen and oxygen atoms in total. The Labute approximate surface area is 156 Å². The molecule has 0 aromatic heterocycles. The fourth-order valence-electron chi connectivity index (χ4n) is 6.83. The molecule has 7 atom stereocenters. The highest BCUT2D eigenvalue weighted by Gasteiger charge is 2.62. The molecule has 0 aromatic rings. The maximum Gasteiger partial charge on any atom is 0.107 e. The van der Waals surface area contributed by atoms with E-state index < -0.39 is 11.7 Å². The highest BCUT2D eigenvalue weighted by Crippen LogP contribution is 2.65.